The van der Waals surface area contributed by atoms with Gasteiger partial charge in [0.25, 0.3) is 5.91 Å². The molecule has 1 fully saturated rings. The van der Waals surface area contributed by atoms with Crippen LogP contribution in [0.4, 0.5) is 9.52 Å². The van der Waals surface area contributed by atoms with Gasteiger partial charge < -0.3 is 15.1 Å². The number of rotatable bonds is 4. The average Bonchev–Trinajstić information content (AvgIpc) is 2.91. The summed E-state index contributed by atoms with van der Waals surface area (Å²) in [5.41, 5.74) is -0.249. The van der Waals surface area contributed by atoms with Gasteiger partial charge in [0.1, 0.15) is 11.6 Å². The molecule has 0 saturated carbocycles. The van der Waals surface area contributed by atoms with Crippen LogP contribution in [0.2, 0.25) is 5.02 Å². The van der Waals surface area contributed by atoms with Crippen molar-refractivity contribution in [2.45, 2.75) is 13.3 Å². The van der Waals surface area contributed by atoms with Crippen LogP contribution >= 0.6 is 23.1 Å². The van der Waals surface area contributed by atoms with Crippen LogP contribution < -0.4 is 10.2 Å². The van der Waals surface area contributed by atoms with E-state index in [1.165, 1.54) is 23.7 Å². The van der Waals surface area contributed by atoms with Crippen molar-refractivity contribution in [3.8, 4) is 0 Å². The van der Waals surface area contributed by atoms with Gasteiger partial charge in [0.2, 0.25) is 11.0 Å². The number of aromatic nitrogens is 2. The number of aryl methyl sites for hydroxylation is 1. The fourth-order valence-electron chi connectivity index (χ4n) is 2.84. The van der Waals surface area contributed by atoms with Crippen LogP contribution in [0.15, 0.2) is 18.2 Å². The monoisotopic (exact) mass is 411 g/mol. The lowest BCUT2D eigenvalue weighted by Gasteiger charge is -2.21. The highest BCUT2D eigenvalue weighted by molar-refractivity contribution is 7.09. The lowest BCUT2D eigenvalue weighted by Crippen LogP contribution is -2.42. The molecule has 2 amide bonds. The van der Waals surface area contributed by atoms with E-state index < -0.39 is 11.7 Å². The fraction of sp³-hybridized carbons (Fsp3) is 0.412. The Bertz CT molecular complexity index is 826. The number of hydrogen-bond donors (Lipinski definition) is 1. The third-order valence-electron chi connectivity index (χ3n) is 4.23. The molecular formula is C17H19ClFN5O2S. The van der Waals surface area contributed by atoms with Gasteiger partial charge in [0.15, 0.2) is 0 Å². The molecule has 1 aromatic carbocycles. The lowest BCUT2D eigenvalue weighted by molar-refractivity contribution is -0.129. The molecular weight excluding hydrogens is 393 g/mol. The smallest absolute Gasteiger partial charge is 0.256 e. The second-order valence-corrected chi connectivity index (χ2v) is 7.26. The lowest BCUT2D eigenvalue weighted by atomic mass is 10.2. The number of benzene rings is 1. The average molecular weight is 412 g/mol. The minimum atomic E-state index is -0.717. The van der Waals surface area contributed by atoms with Gasteiger partial charge in [-0.3, -0.25) is 9.59 Å². The predicted molar refractivity (Wildman–Crippen MR) is 102 cm³/mol. The molecule has 7 nitrogen and oxygen atoms in total. The van der Waals surface area contributed by atoms with Crippen molar-refractivity contribution in [2.75, 3.05) is 37.6 Å². The largest absolute Gasteiger partial charge is 0.345 e. The first-order chi connectivity index (χ1) is 13.0. The molecule has 1 aliphatic heterocycles. The Morgan fingerprint density at radius 1 is 1.30 bits per heavy atom. The van der Waals surface area contributed by atoms with Gasteiger partial charge in [0, 0.05) is 37.7 Å². The highest BCUT2D eigenvalue weighted by Crippen LogP contribution is 2.20. The third-order valence-corrected chi connectivity index (χ3v) is 5.41. The molecule has 0 aliphatic carbocycles. The summed E-state index contributed by atoms with van der Waals surface area (Å²) in [4.78, 5) is 32.8. The number of hydrogen-bond acceptors (Lipinski definition) is 6. The van der Waals surface area contributed by atoms with Gasteiger partial charge in [-0.1, -0.05) is 17.7 Å². The summed E-state index contributed by atoms with van der Waals surface area (Å²) in [6.07, 6.45) is 0.789. The van der Waals surface area contributed by atoms with E-state index in [2.05, 4.69) is 19.6 Å². The summed E-state index contributed by atoms with van der Waals surface area (Å²) in [7, 11) is 0. The quantitative estimate of drug-likeness (QED) is 0.833. The maximum Gasteiger partial charge on any atom is 0.256 e. The normalized spacial score (nSPS) is 14.8. The fourth-order valence-corrected chi connectivity index (χ4v) is 3.82. The first kappa shape index (κ1) is 19.5. The summed E-state index contributed by atoms with van der Waals surface area (Å²) in [5.74, 6) is -0.898. The topological polar surface area (TPSA) is 78.4 Å². The summed E-state index contributed by atoms with van der Waals surface area (Å²) >= 11 is 7.22. The number of carbonyl (C=O) groups excluding carboxylic acids is 2. The number of nitrogens with one attached hydrogen (secondary N) is 1. The van der Waals surface area contributed by atoms with Crippen LogP contribution in [0, 0.1) is 12.7 Å². The molecule has 2 aromatic rings. The van der Waals surface area contributed by atoms with Gasteiger partial charge in [-0.05, 0) is 25.5 Å². The molecule has 0 atom stereocenters. The van der Waals surface area contributed by atoms with E-state index >= 15 is 0 Å². The molecule has 0 unspecified atom stereocenters. The van der Waals surface area contributed by atoms with Crippen LogP contribution in [0.3, 0.4) is 0 Å². The van der Waals surface area contributed by atoms with E-state index in [9.17, 15) is 14.0 Å². The van der Waals surface area contributed by atoms with Gasteiger partial charge in [-0.25, -0.2) is 9.37 Å². The van der Waals surface area contributed by atoms with E-state index in [0.717, 1.165) is 30.0 Å². The Hall–Kier alpha value is -2.26. The molecule has 1 saturated heterocycles. The van der Waals surface area contributed by atoms with Gasteiger partial charge >= 0.3 is 0 Å². The van der Waals surface area contributed by atoms with Crippen LogP contribution in [-0.2, 0) is 4.79 Å². The standard InChI is InChI=1S/C17H19ClFN5O2S/c1-11-21-17(27-22-11)24-7-3-6-23(8-9-24)14(25)10-20-16(26)15-12(18)4-2-5-13(15)19/h2,4-5H,3,6-10H2,1H3,(H,20,26). The third kappa shape index (κ3) is 4.72. The summed E-state index contributed by atoms with van der Waals surface area (Å²) in [5, 5.41) is 3.32. The Morgan fingerprint density at radius 2 is 2.11 bits per heavy atom. The van der Waals surface area contributed by atoms with E-state index in [1.807, 2.05) is 6.92 Å². The number of anilines is 1. The molecule has 1 N–H and O–H groups in total. The van der Waals surface area contributed by atoms with Crippen molar-refractivity contribution in [3.63, 3.8) is 0 Å². The van der Waals surface area contributed by atoms with Crippen LogP contribution in [0.1, 0.15) is 22.6 Å². The minimum Gasteiger partial charge on any atom is -0.345 e. The Balaban J connectivity index is 1.54. The van der Waals surface area contributed by atoms with Crippen LogP contribution in [0.25, 0.3) is 0 Å². The molecule has 1 aromatic heterocycles. The molecule has 144 valence electrons. The zero-order valence-corrected chi connectivity index (χ0v) is 16.3. The number of amides is 2. The Kier molecular flexibility index (Phi) is 6.22. The minimum absolute atomic E-state index is 0.0118. The van der Waals surface area contributed by atoms with Gasteiger partial charge in [0.05, 0.1) is 17.1 Å². The molecule has 2 heterocycles. The first-order valence-corrected chi connectivity index (χ1v) is 9.66. The molecule has 0 bridgehead atoms. The molecule has 0 spiro atoms. The van der Waals surface area contributed by atoms with E-state index in [1.54, 1.807) is 4.90 Å². The van der Waals surface area contributed by atoms with E-state index in [0.29, 0.717) is 19.6 Å². The van der Waals surface area contributed by atoms with Crippen molar-refractivity contribution in [2.24, 2.45) is 0 Å². The van der Waals surface area contributed by atoms with Crippen molar-refractivity contribution in [1.29, 1.82) is 0 Å². The molecule has 0 radical (unpaired) electrons. The zero-order valence-electron chi connectivity index (χ0n) is 14.7. The maximum absolute atomic E-state index is 13.8. The van der Waals surface area contributed by atoms with Crippen LogP contribution in [0.5, 0.6) is 0 Å². The highest BCUT2D eigenvalue weighted by Gasteiger charge is 2.22. The Labute approximate surface area is 165 Å². The van der Waals surface area contributed by atoms with Crippen molar-refractivity contribution < 1.29 is 14.0 Å². The zero-order chi connectivity index (χ0) is 19.4. The van der Waals surface area contributed by atoms with E-state index in [-0.39, 0.29) is 23.0 Å². The number of carbonyl (C=O) groups is 2. The molecule has 3 rings (SSSR count). The number of nitrogens with zero attached hydrogens (tertiary/aromatic N) is 4. The van der Waals surface area contributed by atoms with E-state index in [4.69, 9.17) is 11.6 Å². The molecule has 27 heavy (non-hydrogen) atoms. The summed E-state index contributed by atoms with van der Waals surface area (Å²) < 4.78 is 18.0. The SMILES string of the molecule is Cc1nsc(N2CCCN(C(=O)CNC(=O)c3c(F)cccc3Cl)CC2)n1. The van der Waals surface area contributed by atoms with Crippen molar-refractivity contribution in [1.82, 2.24) is 19.6 Å². The van der Waals surface area contributed by atoms with Crippen molar-refractivity contribution in [3.05, 3.63) is 40.4 Å². The molecule has 10 heteroatoms. The maximum atomic E-state index is 13.8. The first-order valence-electron chi connectivity index (χ1n) is 8.51. The van der Waals surface area contributed by atoms with Gasteiger partial charge in [-0.15, -0.1) is 0 Å². The van der Waals surface area contributed by atoms with Gasteiger partial charge in [-0.2, -0.15) is 4.37 Å². The summed E-state index contributed by atoms with van der Waals surface area (Å²) in [6, 6.07) is 4.00. The summed E-state index contributed by atoms with van der Waals surface area (Å²) in [6.45, 7) is 4.18. The second kappa shape index (κ2) is 8.62. The van der Waals surface area contributed by atoms with Crippen LogP contribution in [-0.4, -0.2) is 58.8 Å². The molecule has 1 aliphatic rings. The predicted octanol–water partition coefficient (Wildman–Crippen LogP) is 2.11. The number of halogens is 2. The van der Waals surface area contributed by atoms with Crippen molar-refractivity contribution >= 4 is 40.1 Å². The second-order valence-electron chi connectivity index (χ2n) is 6.12. The Morgan fingerprint density at radius 3 is 2.81 bits per heavy atom. The highest BCUT2D eigenvalue weighted by atomic mass is 35.5.